The number of carbonyl (C=O) groups is 1. The van der Waals surface area contributed by atoms with Crippen LogP contribution in [0.1, 0.15) is 23.8 Å². The Hall–Kier alpha value is -1.95. The molecule has 1 aromatic heterocycles. The van der Waals surface area contributed by atoms with E-state index in [0.29, 0.717) is 18.0 Å². The monoisotopic (exact) mass is 305 g/mol. The fourth-order valence-corrected chi connectivity index (χ4v) is 2.36. The molecule has 0 fully saturated rings. The molecule has 0 saturated heterocycles. The van der Waals surface area contributed by atoms with E-state index < -0.39 is 0 Å². The summed E-state index contributed by atoms with van der Waals surface area (Å²) in [6.45, 7) is 2.54. The summed E-state index contributed by atoms with van der Waals surface area (Å²) in [7, 11) is 0. The number of hydrogen-bond acceptors (Lipinski definition) is 5. The lowest BCUT2D eigenvalue weighted by atomic mass is 10.3. The Balaban J connectivity index is 1.90. The van der Waals surface area contributed by atoms with Crippen molar-refractivity contribution in [3.05, 3.63) is 42.2 Å². The molecule has 2 N–H and O–H groups in total. The molecule has 0 unspecified atom stereocenters. The van der Waals surface area contributed by atoms with Crippen LogP contribution in [0.2, 0.25) is 0 Å². The van der Waals surface area contributed by atoms with Gasteiger partial charge in [-0.05, 0) is 48.3 Å². The molecule has 21 heavy (non-hydrogen) atoms. The van der Waals surface area contributed by atoms with E-state index in [1.165, 1.54) is 0 Å². The molecule has 0 radical (unpaired) electrons. The molecule has 5 nitrogen and oxygen atoms in total. The van der Waals surface area contributed by atoms with Crippen molar-refractivity contribution in [1.82, 2.24) is 9.78 Å². The molecule has 1 heterocycles. The number of nitrogen functional groups attached to an aromatic ring is 1. The molecule has 0 saturated carbocycles. The predicted octanol–water partition coefficient (Wildman–Crippen LogP) is 2.75. The van der Waals surface area contributed by atoms with E-state index in [1.807, 2.05) is 23.9 Å². The molecule has 0 aliphatic heterocycles. The molecule has 0 aliphatic carbocycles. The standard InChI is InChI=1S/C15H19N3O2S/c1-2-21-11-3-10-20-15(19)14-8-9-18(17-14)13-6-4-12(16)5-7-13/h4-9H,2-3,10-11,16H2,1H3. The van der Waals surface area contributed by atoms with E-state index in [4.69, 9.17) is 10.5 Å². The van der Waals surface area contributed by atoms with Crippen LogP contribution < -0.4 is 5.73 Å². The van der Waals surface area contributed by atoms with Crippen LogP contribution in [0.25, 0.3) is 5.69 Å². The van der Waals surface area contributed by atoms with Gasteiger partial charge in [-0.1, -0.05) is 6.92 Å². The molecule has 2 aromatic rings. The Labute approximate surface area is 128 Å². The van der Waals surface area contributed by atoms with Crippen LogP contribution in [-0.4, -0.2) is 33.9 Å². The van der Waals surface area contributed by atoms with Gasteiger partial charge >= 0.3 is 5.97 Å². The van der Waals surface area contributed by atoms with Crippen molar-refractivity contribution in [3.8, 4) is 5.69 Å². The Bertz CT molecular complexity index is 581. The van der Waals surface area contributed by atoms with Gasteiger partial charge in [0.2, 0.25) is 0 Å². The van der Waals surface area contributed by atoms with Crippen LogP contribution in [0.4, 0.5) is 5.69 Å². The Kier molecular flexibility index (Phi) is 5.68. The molecule has 0 atom stereocenters. The molecule has 0 spiro atoms. The second-order valence-electron chi connectivity index (χ2n) is 4.42. The highest BCUT2D eigenvalue weighted by Gasteiger charge is 2.11. The van der Waals surface area contributed by atoms with Crippen LogP contribution in [0.15, 0.2) is 36.5 Å². The summed E-state index contributed by atoms with van der Waals surface area (Å²) in [6, 6.07) is 8.93. The van der Waals surface area contributed by atoms with Crippen LogP contribution >= 0.6 is 11.8 Å². The number of anilines is 1. The molecule has 2 rings (SSSR count). The van der Waals surface area contributed by atoms with Gasteiger partial charge in [0, 0.05) is 11.9 Å². The second-order valence-corrected chi connectivity index (χ2v) is 5.82. The highest BCUT2D eigenvalue weighted by atomic mass is 32.2. The fraction of sp³-hybridized carbons (Fsp3) is 0.333. The number of carbonyl (C=O) groups excluding carboxylic acids is 1. The van der Waals surface area contributed by atoms with Gasteiger partial charge in [0.25, 0.3) is 0 Å². The van der Waals surface area contributed by atoms with Gasteiger partial charge in [-0.3, -0.25) is 0 Å². The highest BCUT2D eigenvalue weighted by Crippen LogP contribution is 2.11. The van der Waals surface area contributed by atoms with Gasteiger partial charge in [-0.25, -0.2) is 9.48 Å². The zero-order valence-electron chi connectivity index (χ0n) is 12.0. The minimum absolute atomic E-state index is 0.315. The maximum Gasteiger partial charge on any atom is 0.358 e. The average molecular weight is 305 g/mol. The van der Waals surface area contributed by atoms with Crippen LogP contribution in [0.5, 0.6) is 0 Å². The average Bonchev–Trinajstić information content (AvgIpc) is 2.97. The van der Waals surface area contributed by atoms with E-state index in [0.717, 1.165) is 23.6 Å². The molecule has 1 aromatic carbocycles. The first-order chi connectivity index (χ1) is 10.2. The third kappa shape index (κ3) is 4.53. The van der Waals surface area contributed by atoms with Crippen molar-refractivity contribution in [2.75, 3.05) is 23.8 Å². The Morgan fingerprint density at radius 1 is 1.33 bits per heavy atom. The normalized spacial score (nSPS) is 10.5. The molecule has 6 heteroatoms. The number of ether oxygens (including phenoxy) is 1. The maximum absolute atomic E-state index is 11.9. The molecule has 0 amide bonds. The van der Waals surface area contributed by atoms with E-state index in [1.54, 1.807) is 29.1 Å². The number of aromatic nitrogens is 2. The fourth-order valence-electron chi connectivity index (χ4n) is 1.75. The van der Waals surface area contributed by atoms with E-state index in [2.05, 4.69) is 12.0 Å². The highest BCUT2D eigenvalue weighted by molar-refractivity contribution is 7.99. The lowest BCUT2D eigenvalue weighted by molar-refractivity contribution is 0.0499. The number of thioether (sulfide) groups is 1. The topological polar surface area (TPSA) is 70.1 Å². The molecule has 0 bridgehead atoms. The van der Waals surface area contributed by atoms with Crippen molar-refractivity contribution in [3.63, 3.8) is 0 Å². The lowest BCUT2D eigenvalue weighted by Gasteiger charge is -2.03. The smallest absolute Gasteiger partial charge is 0.358 e. The van der Waals surface area contributed by atoms with Crippen molar-refractivity contribution in [1.29, 1.82) is 0 Å². The van der Waals surface area contributed by atoms with Crippen molar-refractivity contribution >= 4 is 23.4 Å². The van der Waals surface area contributed by atoms with Crippen LogP contribution in [0, 0.1) is 0 Å². The SMILES string of the molecule is CCSCCCOC(=O)c1ccn(-c2ccc(N)cc2)n1. The van der Waals surface area contributed by atoms with Crippen molar-refractivity contribution in [2.45, 2.75) is 13.3 Å². The first-order valence-electron chi connectivity index (χ1n) is 6.87. The van der Waals surface area contributed by atoms with Gasteiger partial charge in [0.15, 0.2) is 5.69 Å². The first kappa shape index (κ1) is 15.4. The third-order valence-electron chi connectivity index (χ3n) is 2.83. The van der Waals surface area contributed by atoms with Gasteiger partial charge < -0.3 is 10.5 Å². The van der Waals surface area contributed by atoms with Crippen LogP contribution in [0.3, 0.4) is 0 Å². The molecular formula is C15H19N3O2S. The number of esters is 1. The number of nitrogens with two attached hydrogens (primary N) is 1. The second kappa shape index (κ2) is 7.73. The summed E-state index contributed by atoms with van der Waals surface area (Å²) in [5.74, 6) is 1.70. The molecule has 112 valence electrons. The summed E-state index contributed by atoms with van der Waals surface area (Å²) in [5, 5.41) is 4.22. The predicted molar refractivity (Wildman–Crippen MR) is 85.9 cm³/mol. The number of nitrogens with zero attached hydrogens (tertiary/aromatic N) is 2. The minimum atomic E-state index is -0.384. The van der Waals surface area contributed by atoms with E-state index in [-0.39, 0.29) is 5.97 Å². The zero-order chi connectivity index (χ0) is 15.1. The maximum atomic E-state index is 11.9. The van der Waals surface area contributed by atoms with Crippen molar-refractivity contribution in [2.24, 2.45) is 0 Å². The zero-order valence-corrected chi connectivity index (χ0v) is 12.8. The lowest BCUT2D eigenvalue weighted by Crippen LogP contribution is -2.08. The largest absolute Gasteiger partial charge is 0.461 e. The first-order valence-corrected chi connectivity index (χ1v) is 8.02. The molecular weight excluding hydrogens is 286 g/mol. The Morgan fingerprint density at radius 2 is 2.10 bits per heavy atom. The number of benzene rings is 1. The summed E-state index contributed by atoms with van der Waals surface area (Å²) < 4.78 is 6.82. The van der Waals surface area contributed by atoms with Crippen LogP contribution in [-0.2, 0) is 4.74 Å². The van der Waals surface area contributed by atoms with Gasteiger partial charge in [-0.15, -0.1) is 0 Å². The summed E-state index contributed by atoms with van der Waals surface area (Å²) in [4.78, 5) is 11.9. The summed E-state index contributed by atoms with van der Waals surface area (Å²) in [5.41, 5.74) is 7.50. The van der Waals surface area contributed by atoms with Gasteiger partial charge in [0.05, 0.1) is 12.3 Å². The quantitative estimate of drug-likeness (QED) is 0.484. The summed E-state index contributed by atoms with van der Waals surface area (Å²) in [6.07, 6.45) is 2.60. The van der Waals surface area contributed by atoms with Gasteiger partial charge in [-0.2, -0.15) is 16.9 Å². The van der Waals surface area contributed by atoms with E-state index >= 15 is 0 Å². The molecule has 0 aliphatic rings. The van der Waals surface area contributed by atoms with Crippen molar-refractivity contribution < 1.29 is 9.53 Å². The summed E-state index contributed by atoms with van der Waals surface area (Å²) >= 11 is 1.84. The van der Waals surface area contributed by atoms with E-state index in [9.17, 15) is 4.79 Å². The van der Waals surface area contributed by atoms with Gasteiger partial charge in [0.1, 0.15) is 0 Å². The third-order valence-corrected chi connectivity index (χ3v) is 3.81. The number of hydrogen-bond donors (Lipinski definition) is 1. The minimum Gasteiger partial charge on any atom is -0.461 e. The number of rotatable bonds is 7. The Morgan fingerprint density at radius 3 is 2.81 bits per heavy atom.